The highest BCUT2D eigenvalue weighted by molar-refractivity contribution is 6.25. The van der Waals surface area contributed by atoms with Crippen LogP contribution < -0.4 is 4.90 Å². The zero-order chi connectivity index (χ0) is 26.0. The third-order valence-electron chi connectivity index (χ3n) is 8.18. The summed E-state index contributed by atoms with van der Waals surface area (Å²) in [7, 11) is 0. The molecular formula is C31H21N3O4. The Kier molecular flexibility index (Phi) is 4.72. The second-order valence-corrected chi connectivity index (χ2v) is 9.91. The highest BCUT2D eigenvalue weighted by Crippen LogP contribution is 2.60. The second-order valence-electron chi connectivity index (χ2n) is 9.91. The lowest BCUT2D eigenvalue weighted by atomic mass is 9.52. The predicted octanol–water partition coefficient (Wildman–Crippen LogP) is 5.55. The fraction of sp³-hybridized carbons (Fsp3) is 0.129. The number of rotatable bonds is 4. The molecule has 7 heteroatoms. The Labute approximate surface area is 218 Å². The minimum absolute atomic E-state index is 0.00103. The number of amides is 2. The summed E-state index contributed by atoms with van der Waals surface area (Å²) >= 11 is 0. The Hall–Kier alpha value is -4.91. The fourth-order valence-corrected chi connectivity index (χ4v) is 6.66. The van der Waals surface area contributed by atoms with Crippen molar-refractivity contribution >= 4 is 35.1 Å². The molecule has 5 aliphatic carbocycles. The highest BCUT2D eigenvalue weighted by atomic mass is 16.6. The lowest BCUT2D eigenvalue weighted by Crippen LogP contribution is -2.51. The van der Waals surface area contributed by atoms with Gasteiger partial charge in [0.1, 0.15) is 5.69 Å². The third-order valence-corrected chi connectivity index (χ3v) is 8.18. The molecule has 6 aliphatic rings. The highest BCUT2D eigenvalue weighted by Gasteiger charge is 2.65. The van der Waals surface area contributed by atoms with E-state index in [1.165, 1.54) is 18.2 Å². The number of nitro groups is 1. The van der Waals surface area contributed by atoms with E-state index >= 15 is 0 Å². The molecule has 1 fully saturated rings. The van der Waals surface area contributed by atoms with Crippen LogP contribution in [0.1, 0.15) is 28.2 Å². The number of carbonyl (C=O) groups is 2. The van der Waals surface area contributed by atoms with E-state index in [4.69, 9.17) is 4.99 Å². The minimum atomic E-state index is -1.04. The van der Waals surface area contributed by atoms with Crippen molar-refractivity contribution in [3.63, 3.8) is 0 Å². The van der Waals surface area contributed by atoms with E-state index in [1.54, 1.807) is 6.07 Å². The maximum atomic E-state index is 14.4. The van der Waals surface area contributed by atoms with Gasteiger partial charge in [-0.15, -0.1) is 0 Å². The van der Waals surface area contributed by atoms with Gasteiger partial charge >= 0.3 is 0 Å². The number of carbonyl (C=O) groups excluding carboxylic acids is 2. The summed E-state index contributed by atoms with van der Waals surface area (Å²) in [6.07, 6.45) is 1.81. The number of aliphatic imine (C=N–C) groups is 1. The number of imide groups is 1. The smallest absolute Gasteiger partial charge is 0.274 e. The van der Waals surface area contributed by atoms with Crippen molar-refractivity contribution in [1.82, 2.24) is 0 Å². The quantitative estimate of drug-likeness (QED) is 0.159. The Morgan fingerprint density at radius 2 is 1.50 bits per heavy atom. The van der Waals surface area contributed by atoms with Crippen LogP contribution in [0, 0.1) is 22.0 Å². The average molecular weight is 500 g/mol. The van der Waals surface area contributed by atoms with Crippen molar-refractivity contribution in [2.24, 2.45) is 16.8 Å². The third kappa shape index (κ3) is 2.87. The summed E-state index contributed by atoms with van der Waals surface area (Å²) in [6.45, 7) is 0. The van der Waals surface area contributed by atoms with Crippen LogP contribution in [0.5, 0.6) is 0 Å². The van der Waals surface area contributed by atoms with E-state index in [0.29, 0.717) is 0 Å². The van der Waals surface area contributed by atoms with Gasteiger partial charge in [0.15, 0.2) is 0 Å². The number of benzene rings is 4. The number of hydrogen-bond acceptors (Lipinski definition) is 5. The first-order valence-corrected chi connectivity index (χ1v) is 12.4. The van der Waals surface area contributed by atoms with Crippen LogP contribution in [0.3, 0.4) is 0 Å². The Morgan fingerprint density at radius 1 is 0.816 bits per heavy atom. The minimum Gasteiger partial charge on any atom is -0.274 e. The summed E-state index contributed by atoms with van der Waals surface area (Å²) in [6, 6.07) is 31.4. The molecule has 0 radical (unpaired) electrons. The van der Waals surface area contributed by atoms with Crippen LogP contribution in [0.2, 0.25) is 0 Å². The van der Waals surface area contributed by atoms with Crippen molar-refractivity contribution in [3.05, 3.63) is 135 Å². The second kappa shape index (κ2) is 8.05. The molecule has 1 heterocycles. The molecule has 1 saturated heterocycles. The van der Waals surface area contributed by atoms with Gasteiger partial charge in [-0.1, -0.05) is 78.9 Å². The molecule has 184 valence electrons. The lowest BCUT2D eigenvalue weighted by molar-refractivity contribution is -0.384. The summed E-state index contributed by atoms with van der Waals surface area (Å²) in [4.78, 5) is 45.9. The molecule has 1 aliphatic heterocycles. The monoisotopic (exact) mass is 499 g/mol. The molecule has 0 spiro atoms. The molecule has 4 aromatic carbocycles. The molecule has 4 atom stereocenters. The van der Waals surface area contributed by atoms with Crippen LogP contribution >= 0.6 is 0 Å². The van der Waals surface area contributed by atoms with Crippen LogP contribution in [0.4, 0.5) is 17.1 Å². The largest absolute Gasteiger partial charge is 0.293 e. The Bertz CT molecular complexity index is 1660. The SMILES string of the molecule is O=C1[C@H]2[C@H]3c4ccc(cc4)[C@@](C=Nc4ccccc4)(c4ccccc43)[C@@H]2C(=O)N1c1ccccc1[N+](=O)[O-]. The predicted molar refractivity (Wildman–Crippen MR) is 143 cm³/mol. The summed E-state index contributed by atoms with van der Waals surface area (Å²) in [5.41, 5.74) is 3.10. The number of hydrogen-bond donors (Lipinski definition) is 0. The van der Waals surface area contributed by atoms with Gasteiger partial charge in [-0.05, 0) is 40.5 Å². The van der Waals surface area contributed by atoms with E-state index in [1.807, 2.05) is 85.1 Å². The molecule has 0 unspecified atom stereocenters. The molecule has 0 aromatic heterocycles. The van der Waals surface area contributed by atoms with Gasteiger partial charge in [0.2, 0.25) is 11.8 Å². The molecule has 38 heavy (non-hydrogen) atoms. The van der Waals surface area contributed by atoms with E-state index in [-0.39, 0.29) is 17.3 Å². The van der Waals surface area contributed by atoms with Crippen molar-refractivity contribution in [1.29, 1.82) is 0 Å². The van der Waals surface area contributed by atoms with Gasteiger partial charge in [0.05, 0.1) is 27.9 Å². The van der Waals surface area contributed by atoms with Gasteiger partial charge in [-0.3, -0.25) is 24.7 Å². The maximum Gasteiger partial charge on any atom is 0.293 e. The van der Waals surface area contributed by atoms with E-state index in [0.717, 1.165) is 32.8 Å². The lowest BCUT2D eigenvalue weighted by Gasteiger charge is -2.48. The van der Waals surface area contributed by atoms with Crippen LogP contribution in [0.25, 0.3) is 0 Å². The van der Waals surface area contributed by atoms with Crippen molar-refractivity contribution in [2.75, 3.05) is 4.90 Å². The van der Waals surface area contributed by atoms with Crippen LogP contribution in [-0.2, 0) is 15.0 Å². The maximum absolute atomic E-state index is 14.4. The molecule has 0 N–H and O–H groups in total. The van der Waals surface area contributed by atoms with Crippen molar-refractivity contribution in [3.8, 4) is 0 Å². The summed E-state index contributed by atoms with van der Waals surface area (Å²) in [5, 5.41) is 11.9. The van der Waals surface area contributed by atoms with E-state index in [9.17, 15) is 19.7 Å². The normalized spacial score (nSPS) is 24.8. The topological polar surface area (TPSA) is 92.9 Å². The van der Waals surface area contributed by atoms with Crippen LogP contribution in [-0.4, -0.2) is 23.0 Å². The fourth-order valence-electron chi connectivity index (χ4n) is 6.66. The van der Waals surface area contributed by atoms with Gasteiger partial charge < -0.3 is 0 Å². The van der Waals surface area contributed by atoms with Crippen molar-refractivity contribution < 1.29 is 14.5 Å². The van der Waals surface area contributed by atoms with E-state index < -0.39 is 34.0 Å². The van der Waals surface area contributed by atoms with Gasteiger partial charge in [0, 0.05) is 18.2 Å². The molecule has 10 rings (SSSR count). The first-order chi connectivity index (χ1) is 18.5. The average Bonchev–Trinajstić information content (AvgIpc) is 3.19. The molecule has 4 bridgehead atoms. The van der Waals surface area contributed by atoms with Crippen molar-refractivity contribution in [2.45, 2.75) is 11.3 Å². The standard InChI is InChI=1S/C31H21N3O4/c35-29-27-26-19-14-16-20(17-15-19)31(23-11-5-4-10-22(23)26,18-32-21-8-2-1-3-9-21)28(27)30(36)33(29)24-12-6-7-13-25(24)34(37)38/h1-18,26-28H/t26-,27-,28-,31-/m0/s1. The summed E-state index contributed by atoms with van der Waals surface area (Å²) in [5.74, 6) is -2.79. The van der Waals surface area contributed by atoms with Gasteiger partial charge in [-0.2, -0.15) is 0 Å². The Balaban J connectivity index is 1.52. The van der Waals surface area contributed by atoms with Crippen LogP contribution in [0.15, 0.2) is 108 Å². The number of para-hydroxylation sites is 3. The first-order valence-electron chi connectivity index (χ1n) is 12.4. The zero-order valence-electron chi connectivity index (χ0n) is 20.1. The summed E-state index contributed by atoms with van der Waals surface area (Å²) < 4.78 is 0. The van der Waals surface area contributed by atoms with Gasteiger partial charge in [-0.25, -0.2) is 4.90 Å². The Morgan fingerprint density at radius 3 is 2.26 bits per heavy atom. The number of anilines is 1. The first kappa shape index (κ1) is 22.3. The van der Waals surface area contributed by atoms with E-state index in [2.05, 4.69) is 0 Å². The molecule has 2 amide bonds. The number of nitrogens with zero attached hydrogens (tertiary/aromatic N) is 3. The molecular weight excluding hydrogens is 478 g/mol. The zero-order valence-corrected chi connectivity index (χ0v) is 20.1. The molecule has 7 nitrogen and oxygen atoms in total. The molecule has 0 saturated carbocycles. The number of nitro benzene ring substituents is 1. The molecule has 4 aromatic rings. The van der Waals surface area contributed by atoms with Gasteiger partial charge in [0.25, 0.3) is 5.69 Å².